The second-order valence-corrected chi connectivity index (χ2v) is 5.10. The number of nitrogens with zero attached hydrogens (tertiary/aromatic N) is 3. The summed E-state index contributed by atoms with van der Waals surface area (Å²) >= 11 is 0. The fourth-order valence-electron chi connectivity index (χ4n) is 2.48. The second kappa shape index (κ2) is 6.41. The first kappa shape index (κ1) is 13.6. The van der Waals surface area contributed by atoms with Crippen LogP contribution in [-0.2, 0) is 6.54 Å². The van der Waals surface area contributed by atoms with Gasteiger partial charge in [-0.05, 0) is 37.2 Å². The lowest BCUT2D eigenvalue weighted by molar-refractivity contribution is 0.728. The lowest BCUT2D eigenvalue weighted by Gasteiger charge is -2.23. The summed E-state index contributed by atoms with van der Waals surface area (Å²) in [6.07, 6.45) is 5.09. The molecule has 4 nitrogen and oxygen atoms in total. The van der Waals surface area contributed by atoms with Crippen molar-refractivity contribution in [1.82, 2.24) is 9.38 Å². The van der Waals surface area contributed by atoms with Crippen LogP contribution in [0.3, 0.4) is 0 Å². The minimum absolute atomic E-state index is 0.703. The van der Waals surface area contributed by atoms with Crippen LogP contribution < -0.4 is 10.6 Å². The molecule has 0 bridgehead atoms. The van der Waals surface area contributed by atoms with E-state index in [1.165, 1.54) is 5.69 Å². The Hall–Kier alpha value is -2.33. The van der Waals surface area contributed by atoms with Gasteiger partial charge < -0.3 is 15.0 Å². The Bertz CT molecular complexity index is 657. The van der Waals surface area contributed by atoms with Crippen molar-refractivity contribution in [3.8, 4) is 0 Å². The van der Waals surface area contributed by atoms with E-state index in [2.05, 4.69) is 44.7 Å². The number of hydrogen-bond acceptors (Lipinski definition) is 3. The summed E-state index contributed by atoms with van der Waals surface area (Å²) in [6, 6.07) is 16.5. The first-order chi connectivity index (χ1) is 10.4. The van der Waals surface area contributed by atoms with Crippen LogP contribution in [0.15, 0.2) is 60.9 Å². The molecule has 0 spiro atoms. The number of hydrogen-bond donors (Lipinski definition) is 1. The average Bonchev–Trinajstić information content (AvgIpc) is 2.94. The van der Waals surface area contributed by atoms with Crippen molar-refractivity contribution in [1.29, 1.82) is 0 Å². The van der Waals surface area contributed by atoms with E-state index in [0.717, 1.165) is 30.9 Å². The Kier molecular flexibility index (Phi) is 4.17. The summed E-state index contributed by atoms with van der Waals surface area (Å²) in [7, 11) is 0. The molecular weight excluding hydrogens is 260 g/mol. The summed E-state index contributed by atoms with van der Waals surface area (Å²) in [5, 5.41) is 0. The highest BCUT2D eigenvalue weighted by Crippen LogP contribution is 2.17. The van der Waals surface area contributed by atoms with E-state index >= 15 is 0 Å². The van der Waals surface area contributed by atoms with E-state index in [1.54, 1.807) is 0 Å². The zero-order valence-corrected chi connectivity index (χ0v) is 12.0. The van der Waals surface area contributed by atoms with E-state index < -0.39 is 0 Å². The van der Waals surface area contributed by atoms with Gasteiger partial charge in [-0.2, -0.15) is 0 Å². The molecule has 0 amide bonds. The number of imidazole rings is 1. The lowest BCUT2D eigenvalue weighted by atomic mass is 10.2. The van der Waals surface area contributed by atoms with E-state index in [-0.39, 0.29) is 0 Å². The predicted octanol–water partition coefficient (Wildman–Crippen LogP) is 2.69. The molecule has 0 aliphatic rings. The van der Waals surface area contributed by atoms with Gasteiger partial charge in [0.2, 0.25) is 0 Å². The molecule has 3 aromatic rings. The fourth-order valence-corrected chi connectivity index (χ4v) is 2.48. The molecule has 2 heterocycles. The summed E-state index contributed by atoms with van der Waals surface area (Å²) in [5.74, 6) is 0. The summed E-state index contributed by atoms with van der Waals surface area (Å²) in [4.78, 5) is 7.00. The molecule has 0 saturated carbocycles. The van der Waals surface area contributed by atoms with Crippen molar-refractivity contribution in [2.24, 2.45) is 5.73 Å². The standard InChI is InChI=1S/C17H20N4/c18-10-6-12-20(16-7-2-1-3-8-16)13-15-14-21-11-5-4-9-17(21)19-15/h1-5,7-9,11,14H,6,10,12-13,18H2. The van der Waals surface area contributed by atoms with Crippen molar-refractivity contribution >= 4 is 11.3 Å². The quantitative estimate of drug-likeness (QED) is 0.755. The maximum absolute atomic E-state index is 5.66. The molecule has 0 fully saturated rings. The summed E-state index contributed by atoms with van der Waals surface area (Å²) in [5.41, 5.74) is 8.93. The zero-order chi connectivity index (χ0) is 14.5. The molecule has 0 unspecified atom stereocenters. The Morgan fingerprint density at radius 3 is 2.62 bits per heavy atom. The van der Waals surface area contributed by atoms with Gasteiger partial charge in [0.05, 0.1) is 12.2 Å². The molecule has 0 saturated heterocycles. The van der Waals surface area contributed by atoms with Gasteiger partial charge in [0.25, 0.3) is 0 Å². The molecule has 2 N–H and O–H groups in total. The van der Waals surface area contributed by atoms with Crippen molar-refractivity contribution in [3.63, 3.8) is 0 Å². The number of rotatable bonds is 6. The number of pyridine rings is 1. The molecule has 108 valence electrons. The number of para-hydroxylation sites is 1. The summed E-state index contributed by atoms with van der Waals surface area (Å²) in [6.45, 7) is 2.44. The van der Waals surface area contributed by atoms with Crippen LogP contribution in [0.5, 0.6) is 0 Å². The van der Waals surface area contributed by atoms with Crippen LogP contribution in [0.4, 0.5) is 5.69 Å². The molecule has 4 heteroatoms. The van der Waals surface area contributed by atoms with Gasteiger partial charge in [-0.1, -0.05) is 24.3 Å². The second-order valence-electron chi connectivity index (χ2n) is 5.10. The molecule has 0 radical (unpaired) electrons. The van der Waals surface area contributed by atoms with Gasteiger partial charge in [-0.3, -0.25) is 0 Å². The number of aromatic nitrogens is 2. The normalized spacial score (nSPS) is 10.9. The Morgan fingerprint density at radius 1 is 1.05 bits per heavy atom. The van der Waals surface area contributed by atoms with Gasteiger partial charge >= 0.3 is 0 Å². The van der Waals surface area contributed by atoms with Crippen molar-refractivity contribution in [2.75, 3.05) is 18.0 Å². The maximum atomic E-state index is 5.66. The van der Waals surface area contributed by atoms with E-state index in [1.807, 2.05) is 30.5 Å². The average molecular weight is 280 g/mol. The molecular formula is C17H20N4. The van der Waals surface area contributed by atoms with E-state index in [4.69, 9.17) is 5.73 Å². The van der Waals surface area contributed by atoms with Gasteiger partial charge in [0, 0.05) is 24.6 Å². The van der Waals surface area contributed by atoms with E-state index in [0.29, 0.717) is 6.54 Å². The molecule has 0 aliphatic heterocycles. The van der Waals surface area contributed by atoms with Gasteiger partial charge in [-0.25, -0.2) is 4.98 Å². The highest BCUT2D eigenvalue weighted by atomic mass is 15.1. The molecule has 3 rings (SSSR count). The third-order valence-electron chi connectivity index (χ3n) is 3.52. The maximum Gasteiger partial charge on any atom is 0.137 e. The summed E-state index contributed by atoms with van der Waals surface area (Å²) < 4.78 is 2.06. The van der Waals surface area contributed by atoms with Crippen molar-refractivity contribution < 1.29 is 0 Å². The van der Waals surface area contributed by atoms with Gasteiger partial charge in [0.1, 0.15) is 5.65 Å². The Labute approximate surface area is 124 Å². The predicted molar refractivity (Wildman–Crippen MR) is 86.4 cm³/mol. The van der Waals surface area contributed by atoms with E-state index in [9.17, 15) is 0 Å². The topological polar surface area (TPSA) is 46.6 Å². The Morgan fingerprint density at radius 2 is 1.86 bits per heavy atom. The van der Waals surface area contributed by atoms with Crippen LogP contribution in [0, 0.1) is 0 Å². The molecule has 2 aromatic heterocycles. The van der Waals surface area contributed by atoms with Gasteiger partial charge in [-0.15, -0.1) is 0 Å². The Balaban J connectivity index is 1.83. The first-order valence-corrected chi connectivity index (χ1v) is 7.29. The van der Waals surface area contributed by atoms with Crippen LogP contribution in [-0.4, -0.2) is 22.5 Å². The molecule has 1 aromatic carbocycles. The van der Waals surface area contributed by atoms with Crippen LogP contribution in [0.25, 0.3) is 5.65 Å². The minimum Gasteiger partial charge on any atom is -0.366 e. The van der Waals surface area contributed by atoms with Crippen LogP contribution in [0.2, 0.25) is 0 Å². The molecule has 0 atom stereocenters. The third-order valence-corrected chi connectivity index (χ3v) is 3.52. The first-order valence-electron chi connectivity index (χ1n) is 7.29. The smallest absolute Gasteiger partial charge is 0.137 e. The molecule has 0 aliphatic carbocycles. The number of benzene rings is 1. The molecule has 21 heavy (non-hydrogen) atoms. The highest BCUT2D eigenvalue weighted by Gasteiger charge is 2.09. The van der Waals surface area contributed by atoms with Crippen molar-refractivity contribution in [2.45, 2.75) is 13.0 Å². The van der Waals surface area contributed by atoms with Crippen molar-refractivity contribution in [3.05, 3.63) is 66.6 Å². The minimum atomic E-state index is 0.703. The number of nitrogens with two attached hydrogens (primary N) is 1. The van der Waals surface area contributed by atoms with Crippen LogP contribution >= 0.6 is 0 Å². The van der Waals surface area contributed by atoms with Gasteiger partial charge in [0.15, 0.2) is 0 Å². The monoisotopic (exact) mass is 280 g/mol. The largest absolute Gasteiger partial charge is 0.366 e. The number of fused-ring (bicyclic) bond motifs is 1. The highest BCUT2D eigenvalue weighted by molar-refractivity contribution is 5.47. The zero-order valence-electron chi connectivity index (χ0n) is 12.0. The lowest BCUT2D eigenvalue weighted by Crippen LogP contribution is -2.25. The number of anilines is 1. The van der Waals surface area contributed by atoms with Crippen LogP contribution in [0.1, 0.15) is 12.1 Å². The SMILES string of the molecule is NCCCN(Cc1cn2ccccc2n1)c1ccccc1. The third kappa shape index (κ3) is 3.23. The fraction of sp³-hybridized carbons (Fsp3) is 0.235.